The van der Waals surface area contributed by atoms with Gasteiger partial charge in [0.1, 0.15) is 0 Å². The molecule has 78 valence electrons. The molecule has 0 saturated heterocycles. The third-order valence-corrected chi connectivity index (χ3v) is 2.25. The fourth-order valence-electron chi connectivity index (χ4n) is 1.18. The molecular weight excluding hydrogens is 196 g/mol. The second-order valence-electron chi connectivity index (χ2n) is 3.21. The lowest BCUT2D eigenvalue weighted by Crippen LogP contribution is -1.95. The number of hydrogen-bond donors (Lipinski definition) is 0. The first-order chi connectivity index (χ1) is 7.33. The number of ether oxygens (including phenoxy) is 1. The van der Waals surface area contributed by atoms with E-state index in [1.165, 1.54) is 0 Å². The van der Waals surface area contributed by atoms with Crippen LogP contribution in [0.5, 0.6) is 0 Å². The summed E-state index contributed by atoms with van der Waals surface area (Å²) in [4.78, 5) is 0. The van der Waals surface area contributed by atoms with Gasteiger partial charge < -0.3 is 4.74 Å². The molecule has 0 radical (unpaired) electrons. The zero-order chi connectivity index (χ0) is 10.9. The fourth-order valence-corrected chi connectivity index (χ4v) is 1.37. The minimum absolute atomic E-state index is 0.542. The molecule has 1 rings (SSSR count). The van der Waals surface area contributed by atoms with Gasteiger partial charge in [-0.15, -0.1) is 11.6 Å². The van der Waals surface area contributed by atoms with E-state index in [9.17, 15) is 0 Å². The Balaban J connectivity index is 2.07. The number of halogens is 1. The molecule has 0 amide bonds. The van der Waals surface area contributed by atoms with Crippen LogP contribution in [0.3, 0.4) is 0 Å². The summed E-state index contributed by atoms with van der Waals surface area (Å²) in [5, 5.41) is 0. The van der Waals surface area contributed by atoms with E-state index in [0.29, 0.717) is 12.6 Å². The predicted molar refractivity (Wildman–Crippen MR) is 60.7 cm³/mol. The highest BCUT2D eigenvalue weighted by Gasteiger charge is 1.91. The van der Waals surface area contributed by atoms with Gasteiger partial charge in [-0.3, -0.25) is 0 Å². The van der Waals surface area contributed by atoms with E-state index in [1.54, 1.807) is 12.1 Å². The maximum Gasteiger partial charge on any atom is 0.0716 e. The molecule has 0 aliphatic rings. The van der Waals surface area contributed by atoms with Crippen molar-refractivity contribution in [2.24, 2.45) is 0 Å². The fraction of sp³-hybridized carbons (Fsp3) is 0.500. The smallest absolute Gasteiger partial charge is 0.0716 e. The summed E-state index contributed by atoms with van der Waals surface area (Å²) in [6, 6.07) is 7.97. The second kappa shape index (κ2) is 7.84. The Morgan fingerprint density at radius 3 is 2.71 bits per heavy atom. The molecule has 1 aromatic carbocycles. The number of rotatable bonds is 7. The van der Waals surface area contributed by atoms with Crippen molar-refractivity contribution in [1.29, 1.82) is 0 Å². The van der Waals surface area contributed by atoms with Crippen molar-refractivity contribution in [3.05, 3.63) is 35.9 Å². The maximum absolute atomic E-state index is 7.33. The summed E-state index contributed by atoms with van der Waals surface area (Å²) in [5.74, 6) is 0.741. The molecular formula is C12H17ClO. The van der Waals surface area contributed by atoms with Gasteiger partial charge in [-0.05, 0) is 24.8 Å². The van der Waals surface area contributed by atoms with Crippen molar-refractivity contribution in [1.82, 2.24) is 0 Å². The average Bonchev–Trinajstić information content (AvgIpc) is 2.26. The van der Waals surface area contributed by atoms with Gasteiger partial charge in [0.05, 0.1) is 7.98 Å². The highest BCUT2D eigenvalue weighted by atomic mass is 35.5. The molecule has 2 heteroatoms. The molecule has 0 aliphatic carbocycles. The van der Waals surface area contributed by atoms with Gasteiger partial charge in [-0.1, -0.05) is 30.3 Å². The Hall–Kier alpha value is -0.530. The molecule has 14 heavy (non-hydrogen) atoms. The summed E-state index contributed by atoms with van der Waals surface area (Å²) >= 11 is 5.57. The SMILES string of the molecule is [2H]c1ccc(COCCCCCCl)cc1. The molecule has 0 fully saturated rings. The number of unbranched alkanes of at least 4 members (excludes halogenated alkanes) is 2. The van der Waals surface area contributed by atoms with Crippen LogP contribution >= 0.6 is 11.6 Å². The highest BCUT2D eigenvalue weighted by Crippen LogP contribution is 2.02. The van der Waals surface area contributed by atoms with Crippen molar-refractivity contribution >= 4 is 11.6 Å². The molecule has 0 heterocycles. The Kier molecular flexibility index (Phi) is 5.60. The third-order valence-electron chi connectivity index (χ3n) is 1.98. The topological polar surface area (TPSA) is 9.23 Å². The molecule has 1 nitrogen and oxygen atoms in total. The van der Waals surface area contributed by atoms with Crippen LogP contribution in [0.1, 0.15) is 26.2 Å². The molecule has 0 saturated carbocycles. The lowest BCUT2D eigenvalue weighted by atomic mass is 10.2. The summed E-state index contributed by atoms with van der Waals surface area (Å²) in [6.45, 7) is 1.43. The highest BCUT2D eigenvalue weighted by molar-refractivity contribution is 6.17. The molecule has 0 unspecified atom stereocenters. The van der Waals surface area contributed by atoms with Crippen molar-refractivity contribution in [3.63, 3.8) is 0 Å². The van der Waals surface area contributed by atoms with E-state index in [4.69, 9.17) is 17.7 Å². The normalized spacial score (nSPS) is 11.4. The van der Waals surface area contributed by atoms with Crippen LogP contribution in [0.2, 0.25) is 0 Å². The lowest BCUT2D eigenvalue weighted by Gasteiger charge is -2.03. The van der Waals surface area contributed by atoms with Gasteiger partial charge in [-0.25, -0.2) is 0 Å². The van der Waals surface area contributed by atoms with Crippen LogP contribution in [0.4, 0.5) is 0 Å². The van der Waals surface area contributed by atoms with Gasteiger partial charge in [0, 0.05) is 12.5 Å². The number of hydrogen-bond acceptors (Lipinski definition) is 1. The molecule has 0 atom stereocenters. The van der Waals surface area contributed by atoms with Crippen LogP contribution in [0.15, 0.2) is 30.3 Å². The van der Waals surface area contributed by atoms with Crippen molar-refractivity contribution in [2.75, 3.05) is 12.5 Å². The summed E-state index contributed by atoms with van der Waals surface area (Å²) in [7, 11) is 0. The monoisotopic (exact) mass is 213 g/mol. The molecule has 0 spiro atoms. The standard InChI is InChI=1S/C12H17ClO/c13-9-5-2-6-10-14-11-12-7-3-1-4-8-12/h1,3-4,7-8H,2,5-6,9-11H2/i1D. The maximum atomic E-state index is 7.33. The molecule has 0 aliphatic heterocycles. The first kappa shape index (κ1) is 10.0. The van der Waals surface area contributed by atoms with Gasteiger partial charge in [0.2, 0.25) is 0 Å². The zero-order valence-corrected chi connectivity index (χ0v) is 9.09. The number of benzene rings is 1. The van der Waals surface area contributed by atoms with Crippen LogP contribution < -0.4 is 0 Å². The molecule has 0 bridgehead atoms. The first-order valence-corrected chi connectivity index (χ1v) is 5.55. The van der Waals surface area contributed by atoms with Gasteiger partial charge in [-0.2, -0.15) is 0 Å². The summed E-state index contributed by atoms with van der Waals surface area (Å²) in [5.41, 5.74) is 1.13. The third kappa shape index (κ3) is 5.25. The van der Waals surface area contributed by atoms with E-state index < -0.39 is 0 Å². The minimum Gasteiger partial charge on any atom is -0.377 e. The van der Waals surface area contributed by atoms with Crippen LogP contribution in [0.25, 0.3) is 0 Å². The van der Waals surface area contributed by atoms with Gasteiger partial charge in [0.25, 0.3) is 0 Å². The van der Waals surface area contributed by atoms with Gasteiger partial charge >= 0.3 is 0 Å². The second-order valence-corrected chi connectivity index (χ2v) is 3.59. The minimum atomic E-state index is 0.542. The molecule has 1 aromatic rings. The quantitative estimate of drug-likeness (QED) is 0.497. The van der Waals surface area contributed by atoms with E-state index in [2.05, 4.69) is 0 Å². The van der Waals surface area contributed by atoms with Crippen molar-refractivity contribution < 1.29 is 6.11 Å². The Morgan fingerprint density at radius 1 is 1.21 bits per heavy atom. The first-order valence-electron chi connectivity index (χ1n) is 5.52. The average molecular weight is 214 g/mol. The van der Waals surface area contributed by atoms with Crippen molar-refractivity contribution in [3.8, 4) is 0 Å². The van der Waals surface area contributed by atoms with E-state index in [1.807, 2.05) is 12.1 Å². The van der Waals surface area contributed by atoms with E-state index in [0.717, 1.165) is 37.3 Å². The summed E-state index contributed by atoms with van der Waals surface area (Å²) < 4.78 is 12.8. The van der Waals surface area contributed by atoms with Crippen LogP contribution in [-0.4, -0.2) is 12.5 Å². The van der Waals surface area contributed by atoms with Crippen LogP contribution in [-0.2, 0) is 11.3 Å². The van der Waals surface area contributed by atoms with Crippen molar-refractivity contribution in [2.45, 2.75) is 25.9 Å². The molecule has 0 N–H and O–H groups in total. The Morgan fingerprint density at radius 2 is 2.00 bits per heavy atom. The van der Waals surface area contributed by atoms with E-state index in [-0.39, 0.29) is 0 Å². The molecule has 0 aromatic heterocycles. The zero-order valence-electron chi connectivity index (χ0n) is 9.34. The van der Waals surface area contributed by atoms with Crippen LogP contribution in [0, 0.1) is 0 Å². The number of alkyl halides is 1. The Labute approximate surface area is 92.4 Å². The largest absolute Gasteiger partial charge is 0.377 e. The lowest BCUT2D eigenvalue weighted by molar-refractivity contribution is 0.117. The van der Waals surface area contributed by atoms with Gasteiger partial charge in [0.15, 0.2) is 0 Å². The predicted octanol–water partition coefficient (Wildman–Crippen LogP) is 3.61. The Bertz CT molecular complexity index is 261. The summed E-state index contributed by atoms with van der Waals surface area (Å²) in [6.07, 6.45) is 3.27. The van der Waals surface area contributed by atoms with E-state index >= 15 is 0 Å².